The van der Waals surface area contributed by atoms with Gasteiger partial charge in [0.1, 0.15) is 5.75 Å². The largest absolute Gasteiger partial charge is 0.507 e. The van der Waals surface area contributed by atoms with E-state index in [9.17, 15) is 5.11 Å². The highest BCUT2D eigenvalue weighted by Gasteiger charge is 2.09. The number of aryl methyl sites for hydroxylation is 1. The van der Waals surface area contributed by atoms with Crippen molar-refractivity contribution in [2.24, 2.45) is 0 Å². The van der Waals surface area contributed by atoms with E-state index in [0.717, 1.165) is 0 Å². The molecule has 0 aliphatic heterocycles. The van der Waals surface area contributed by atoms with E-state index in [1.54, 1.807) is 31.2 Å². The van der Waals surface area contributed by atoms with Crippen molar-refractivity contribution in [3.05, 3.63) is 30.1 Å². The average molecular weight is 206 g/mol. The quantitative estimate of drug-likeness (QED) is 0.779. The molecule has 0 saturated carbocycles. The Labute approximate surface area is 88.6 Å². The molecule has 0 bridgehead atoms. The van der Waals surface area contributed by atoms with Crippen LogP contribution in [0.3, 0.4) is 0 Å². The minimum atomic E-state index is 0.145. The minimum absolute atomic E-state index is 0.145. The van der Waals surface area contributed by atoms with Crippen molar-refractivity contribution < 1.29 is 9.63 Å². The first-order valence-electron chi connectivity index (χ1n) is 4.86. The van der Waals surface area contributed by atoms with Gasteiger partial charge in [0.05, 0.1) is 5.56 Å². The highest BCUT2D eigenvalue weighted by Crippen LogP contribution is 2.26. The lowest BCUT2D eigenvalue weighted by atomic mass is 10.2. The second-order valence-electron chi connectivity index (χ2n) is 2.66. The smallest absolute Gasteiger partial charge is 0.261 e. The Hall–Kier alpha value is -1.84. The topological polar surface area (TPSA) is 59.2 Å². The van der Waals surface area contributed by atoms with Gasteiger partial charge in [0.2, 0.25) is 0 Å². The fourth-order valence-corrected chi connectivity index (χ4v) is 1.06. The molecule has 15 heavy (non-hydrogen) atoms. The Bertz CT molecular complexity index is 424. The Morgan fingerprint density at radius 3 is 2.40 bits per heavy atom. The molecular weight excluding hydrogens is 192 g/mol. The molecule has 1 aromatic carbocycles. The number of para-hydroxylation sites is 1. The second-order valence-corrected chi connectivity index (χ2v) is 2.66. The van der Waals surface area contributed by atoms with Crippen molar-refractivity contribution in [2.45, 2.75) is 20.8 Å². The van der Waals surface area contributed by atoms with Crippen molar-refractivity contribution in [1.29, 1.82) is 0 Å². The van der Waals surface area contributed by atoms with Crippen LogP contribution in [0.15, 0.2) is 28.8 Å². The van der Waals surface area contributed by atoms with Crippen LogP contribution in [-0.2, 0) is 0 Å². The van der Waals surface area contributed by atoms with Gasteiger partial charge in [0, 0.05) is 0 Å². The number of phenolic OH excluding ortho intramolecular Hbond substituents is 1. The lowest BCUT2D eigenvalue weighted by Crippen LogP contribution is -1.78. The molecule has 0 saturated heterocycles. The molecule has 0 spiro atoms. The number of benzene rings is 1. The monoisotopic (exact) mass is 206 g/mol. The molecule has 4 nitrogen and oxygen atoms in total. The standard InChI is InChI=1S/C9H8N2O2.C2H6/c1-6-10-9(13-11-6)7-4-2-3-5-8(7)12;1-2/h2-5,12H,1H3;1-2H3. The summed E-state index contributed by atoms with van der Waals surface area (Å²) < 4.78 is 4.91. The Morgan fingerprint density at radius 2 is 1.87 bits per heavy atom. The third-order valence-electron chi connectivity index (χ3n) is 1.66. The molecule has 0 fully saturated rings. The minimum Gasteiger partial charge on any atom is -0.507 e. The van der Waals surface area contributed by atoms with E-state index >= 15 is 0 Å². The van der Waals surface area contributed by atoms with Gasteiger partial charge in [-0.3, -0.25) is 0 Å². The van der Waals surface area contributed by atoms with Crippen LogP contribution in [0.1, 0.15) is 19.7 Å². The summed E-state index contributed by atoms with van der Waals surface area (Å²) in [6.07, 6.45) is 0. The molecule has 0 aliphatic rings. The van der Waals surface area contributed by atoms with Gasteiger partial charge in [-0.2, -0.15) is 4.98 Å². The summed E-state index contributed by atoms with van der Waals surface area (Å²) in [5.74, 6) is 1.04. The Morgan fingerprint density at radius 1 is 1.20 bits per heavy atom. The zero-order valence-electron chi connectivity index (χ0n) is 9.06. The summed E-state index contributed by atoms with van der Waals surface area (Å²) in [7, 11) is 0. The number of aromatic hydroxyl groups is 1. The maximum atomic E-state index is 9.45. The Balaban J connectivity index is 0.000000531. The van der Waals surface area contributed by atoms with E-state index in [2.05, 4.69) is 10.1 Å². The van der Waals surface area contributed by atoms with E-state index < -0.39 is 0 Å². The van der Waals surface area contributed by atoms with Crippen molar-refractivity contribution in [2.75, 3.05) is 0 Å². The fourth-order valence-electron chi connectivity index (χ4n) is 1.06. The van der Waals surface area contributed by atoms with Crippen molar-refractivity contribution >= 4 is 0 Å². The molecule has 0 atom stereocenters. The van der Waals surface area contributed by atoms with Crippen LogP contribution in [0, 0.1) is 6.92 Å². The molecule has 0 aliphatic carbocycles. The zero-order valence-corrected chi connectivity index (χ0v) is 9.06. The van der Waals surface area contributed by atoms with E-state index in [0.29, 0.717) is 17.3 Å². The van der Waals surface area contributed by atoms with E-state index in [-0.39, 0.29) is 5.75 Å². The predicted molar refractivity (Wildman–Crippen MR) is 57.5 cm³/mol. The van der Waals surface area contributed by atoms with Gasteiger partial charge >= 0.3 is 0 Å². The van der Waals surface area contributed by atoms with Crippen LogP contribution in [-0.4, -0.2) is 15.2 Å². The first-order valence-corrected chi connectivity index (χ1v) is 4.86. The molecular formula is C11H14N2O2. The van der Waals surface area contributed by atoms with Gasteiger partial charge in [-0.15, -0.1) is 0 Å². The summed E-state index contributed by atoms with van der Waals surface area (Å²) in [5.41, 5.74) is 0.558. The number of aromatic nitrogens is 2. The molecule has 1 N–H and O–H groups in total. The average Bonchev–Trinajstić information content (AvgIpc) is 2.68. The normalized spacial score (nSPS) is 9.27. The maximum absolute atomic E-state index is 9.45. The maximum Gasteiger partial charge on any atom is 0.261 e. The number of hydrogen-bond donors (Lipinski definition) is 1. The zero-order chi connectivity index (χ0) is 11.3. The number of phenols is 1. The van der Waals surface area contributed by atoms with Crippen LogP contribution in [0.2, 0.25) is 0 Å². The van der Waals surface area contributed by atoms with E-state index in [1.807, 2.05) is 13.8 Å². The van der Waals surface area contributed by atoms with Gasteiger partial charge in [-0.05, 0) is 19.1 Å². The van der Waals surface area contributed by atoms with Crippen LogP contribution < -0.4 is 0 Å². The number of nitrogens with zero attached hydrogens (tertiary/aromatic N) is 2. The molecule has 1 heterocycles. The molecule has 0 unspecified atom stereocenters. The van der Waals surface area contributed by atoms with Gasteiger partial charge in [-0.1, -0.05) is 31.1 Å². The lowest BCUT2D eigenvalue weighted by Gasteiger charge is -1.96. The van der Waals surface area contributed by atoms with Crippen LogP contribution in [0.4, 0.5) is 0 Å². The van der Waals surface area contributed by atoms with Gasteiger partial charge < -0.3 is 9.63 Å². The first kappa shape index (κ1) is 11.2. The van der Waals surface area contributed by atoms with E-state index in [1.165, 1.54) is 0 Å². The molecule has 4 heteroatoms. The molecule has 2 rings (SSSR count). The van der Waals surface area contributed by atoms with Gasteiger partial charge in [-0.25, -0.2) is 0 Å². The highest BCUT2D eigenvalue weighted by molar-refractivity contribution is 5.61. The highest BCUT2D eigenvalue weighted by atomic mass is 16.5. The van der Waals surface area contributed by atoms with Crippen molar-refractivity contribution in [3.63, 3.8) is 0 Å². The summed E-state index contributed by atoms with van der Waals surface area (Å²) in [6.45, 7) is 5.73. The fraction of sp³-hybridized carbons (Fsp3) is 0.273. The predicted octanol–water partition coefficient (Wildman–Crippen LogP) is 2.78. The van der Waals surface area contributed by atoms with Gasteiger partial charge in [0.25, 0.3) is 5.89 Å². The Kier molecular flexibility index (Phi) is 3.85. The molecule has 0 amide bonds. The molecule has 2 aromatic rings. The summed E-state index contributed by atoms with van der Waals surface area (Å²) in [6, 6.07) is 6.84. The number of hydrogen-bond acceptors (Lipinski definition) is 4. The van der Waals surface area contributed by atoms with Crippen LogP contribution >= 0.6 is 0 Å². The third kappa shape index (κ3) is 2.56. The molecule has 80 valence electrons. The number of rotatable bonds is 1. The summed E-state index contributed by atoms with van der Waals surface area (Å²) in [5, 5.41) is 13.1. The SMILES string of the molecule is CC.Cc1noc(-c2ccccc2O)n1. The summed E-state index contributed by atoms with van der Waals surface area (Å²) >= 11 is 0. The first-order chi connectivity index (χ1) is 7.27. The van der Waals surface area contributed by atoms with Crippen LogP contribution in [0.25, 0.3) is 11.5 Å². The van der Waals surface area contributed by atoms with E-state index in [4.69, 9.17) is 4.52 Å². The lowest BCUT2D eigenvalue weighted by molar-refractivity contribution is 0.420. The second kappa shape index (κ2) is 5.14. The summed E-state index contributed by atoms with van der Waals surface area (Å²) in [4.78, 5) is 4.00. The van der Waals surface area contributed by atoms with Crippen molar-refractivity contribution in [3.8, 4) is 17.2 Å². The molecule has 1 aromatic heterocycles. The molecule has 0 radical (unpaired) electrons. The third-order valence-corrected chi connectivity index (χ3v) is 1.66. The van der Waals surface area contributed by atoms with Gasteiger partial charge in [0.15, 0.2) is 5.82 Å². The van der Waals surface area contributed by atoms with Crippen molar-refractivity contribution in [1.82, 2.24) is 10.1 Å². The van der Waals surface area contributed by atoms with Crippen LogP contribution in [0.5, 0.6) is 5.75 Å².